The van der Waals surface area contributed by atoms with E-state index in [2.05, 4.69) is 5.32 Å². The zero-order valence-electron chi connectivity index (χ0n) is 10.9. The van der Waals surface area contributed by atoms with Crippen molar-refractivity contribution in [3.63, 3.8) is 0 Å². The van der Waals surface area contributed by atoms with E-state index in [9.17, 15) is 4.79 Å². The Morgan fingerprint density at radius 1 is 1.28 bits per heavy atom. The van der Waals surface area contributed by atoms with Gasteiger partial charge in [0.2, 0.25) is 0 Å². The van der Waals surface area contributed by atoms with Gasteiger partial charge in [0.15, 0.2) is 11.5 Å². The summed E-state index contributed by atoms with van der Waals surface area (Å²) in [6.07, 6.45) is 0.694. The van der Waals surface area contributed by atoms with Crippen LogP contribution in [0.25, 0.3) is 0 Å². The Morgan fingerprint density at radius 2 is 1.89 bits per heavy atom. The Hall–Kier alpha value is -1.95. The standard InChI is InChI=1S/C12H19N3O3/c1-8-6-10(17-2)11(18-3)7-9(8)4-5-14-12(16)15-13/h6-7H,4-5,13H2,1-3H3,(H2,14,15,16). The molecule has 2 amide bonds. The van der Waals surface area contributed by atoms with Gasteiger partial charge in [-0.2, -0.15) is 0 Å². The van der Waals surface area contributed by atoms with Crippen molar-refractivity contribution in [3.8, 4) is 11.5 Å². The van der Waals surface area contributed by atoms with Crippen LogP contribution in [-0.2, 0) is 6.42 Å². The molecule has 0 aromatic heterocycles. The van der Waals surface area contributed by atoms with Crippen molar-refractivity contribution in [2.24, 2.45) is 5.84 Å². The van der Waals surface area contributed by atoms with Crippen molar-refractivity contribution >= 4 is 6.03 Å². The third kappa shape index (κ3) is 3.53. The fourth-order valence-electron chi connectivity index (χ4n) is 1.65. The van der Waals surface area contributed by atoms with Crippen LogP contribution in [-0.4, -0.2) is 26.8 Å². The lowest BCUT2D eigenvalue weighted by molar-refractivity contribution is 0.241. The van der Waals surface area contributed by atoms with Gasteiger partial charge in [-0.05, 0) is 36.6 Å². The lowest BCUT2D eigenvalue weighted by Crippen LogP contribution is -2.40. The molecule has 6 nitrogen and oxygen atoms in total. The lowest BCUT2D eigenvalue weighted by Gasteiger charge is -2.13. The van der Waals surface area contributed by atoms with Gasteiger partial charge in [0.05, 0.1) is 14.2 Å². The number of benzene rings is 1. The Labute approximate surface area is 106 Å². The van der Waals surface area contributed by atoms with Gasteiger partial charge in [0.25, 0.3) is 0 Å². The van der Waals surface area contributed by atoms with Crippen molar-refractivity contribution in [2.45, 2.75) is 13.3 Å². The SMILES string of the molecule is COc1cc(C)c(CCNC(=O)NN)cc1OC. The minimum Gasteiger partial charge on any atom is -0.493 e. The van der Waals surface area contributed by atoms with Crippen LogP contribution in [0.3, 0.4) is 0 Å². The maximum absolute atomic E-state index is 10.9. The highest BCUT2D eigenvalue weighted by atomic mass is 16.5. The first kappa shape index (κ1) is 14.1. The zero-order chi connectivity index (χ0) is 13.5. The monoisotopic (exact) mass is 253 g/mol. The van der Waals surface area contributed by atoms with E-state index < -0.39 is 6.03 Å². The number of hydrogen-bond acceptors (Lipinski definition) is 4. The number of carbonyl (C=O) groups excluding carboxylic acids is 1. The molecular formula is C12H19N3O3. The van der Waals surface area contributed by atoms with Gasteiger partial charge in [-0.1, -0.05) is 0 Å². The Morgan fingerprint density at radius 3 is 2.44 bits per heavy atom. The molecule has 0 saturated heterocycles. The minimum absolute atomic E-state index is 0.395. The van der Waals surface area contributed by atoms with Crippen LogP contribution in [0.2, 0.25) is 0 Å². The number of carbonyl (C=O) groups is 1. The van der Waals surface area contributed by atoms with Crippen LogP contribution in [0.1, 0.15) is 11.1 Å². The topological polar surface area (TPSA) is 85.6 Å². The molecule has 0 saturated carbocycles. The number of ether oxygens (including phenoxy) is 2. The molecule has 0 radical (unpaired) electrons. The summed E-state index contributed by atoms with van der Waals surface area (Å²) in [5, 5.41) is 2.63. The Kier molecular flexibility index (Phi) is 5.26. The summed E-state index contributed by atoms with van der Waals surface area (Å²) < 4.78 is 10.4. The van der Waals surface area contributed by atoms with Crippen molar-refractivity contribution in [2.75, 3.05) is 20.8 Å². The van der Waals surface area contributed by atoms with Gasteiger partial charge in [0, 0.05) is 6.54 Å². The summed E-state index contributed by atoms with van der Waals surface area (Å²) in [6, 6.07) is 3.43. The first-order chi connectivity index (χ1) is 8.62. The van der Waals surface area contributed by atoms with Gasteiger partial charge in [-0.25, -0.2) is 10.6 Å². The lowest BCUT2D eigenvalue weighted by atomic mass is 10.0. The smallest absolute Gasteiger partial charge is 0.328 e. The van der Waals surface area contributed by atoms with Gasteiger partial charge < -0.3 is 14.8 Å². The highest BCUT2D eigenvalue weighted by molar-refractivity contribution is 5.73. The summed E-state index contributed by atoms with van der Waals surface area (Å²) in [4.78, 5) is 10.9. The number of nitrogens with one attached hydrogen (secondary N) is 2. The van der Waals surface area contributed by atoms with Crippen molar-refractivity contribution in [3.05, 3.63) is 23.3 Å². The molecule has 1 rings (SSSR count). The number of urea groups is 1. The first-order valence-corrected chi connectivity index (χ1v) is 5.58. The van der Waals surface area contributed by atoms with E-state index >= 15 is 0 Å². The molecule has 4 N–H and O–H groups in total. The van der Waals surface area contributed by atoms with Crippen LogP contribution in [0, 0.1) is 6.92 Å². The molecular weight excluding hydrogens is 234 g/mol. The molecule has 100 valence electrons. The van der Waals surface area contributed by atoms with Crippen molar-refractivity contribution in [1.82, 2.24) is 10.7 Å². The summed E-state index contributed by atoms with van der Waals surface area (Å²) in [5.74, 6) is 6.35. The third-order valence-electron chi connectivity index (χ3n) is 2.65. The average molecular weight is 253 g/mol. The van der Waals surface area contributed by atoms with Gasteiger partial charge >= 0.3 is 6.03 Å². The second-order valence-corrected chi connectivity index (χ2v) is 3.78. The summed E-state index contributed by atoms with van der Waals surface area (Å²) in [5.41, 5.74) is 4.19. The molecule has 0 bridgehead atoms. The van der Waals surface area contributed by atoms with E-state index in [1.807, 2.05) is 24.5 Å². The number of amides is 2. The van der Waals surface area contributed by atoms with E-state index in [-0.39, 0.29) is 0 Å². The highest BCUT2D eigenvalue weighted by Gasteiger charge is 2.08. The van der Waals surface area contributed by atoms with E-state index in [0.29, 0.717) is 24.5 Å². The van der Waals surface area contributed by atoms with Crippen LogP contribution >= 0.6 is 0 Å². The molecule has 0 heterocycles. The number of rotatable bonds is 5. The quantitative estimate of drug-likeness (QED) is 0.410. The molecule has 1 aromatic carbocycles. The molecule has 0 aliphatic heterocycles. The molecule has 1 aromatic rings. The summed E-state index contributed by atoms with van der Waals surface area (Å²) in [6.45, 7) is 2.49. The second kappa shape index (κ2) is 6.70. The molecule has 0 atom stereocenters. The van der Waals surface area contributed by atoms with Crippen LogP contribution in [0.5, 0.6) is 11.5 Å². The van der Waals surface area contributed by atoms with Crippen LogP contribution in [0.4, 0.5) is 4.79 Å². The van der Waals surface area contributed by atoms with Crippen LogP contribution in [0.15, 0.2) is 12.1 Å². The maximum Gasteiger partial charge on any atom is 0.328 e. The predicted octanol–water partition coefficient (Wildman–Crippen LogP) is 0.728. The minimum atomic E-state index is -0.395. The normalized spacial score (nSPS) is 9.78. The summed E-state index contributed by atoms with van der Waals surface area (Å²) in [7, 11) is 3.20. The van der Waals surface area contributed by atoms with Crippen molar-refractivity contribution in [1.29, 1.82) is 0 Å². The molecule has 6 heteroatoms. The second-order valence-electron chi connectivity index (χ2n) is 3.78. The zero-order valence-corrected chi connectivity index (χ0v) is 10.9. The number of nitrogens with two attached hydrogens (primary N) is 1. The number of aryl methyl sites for hydroxylation is 1. The molecule has 0 fully saturated rings. The van der Waals surface area contributed by atoms with E-state index in [0.717, 1.165) is 11.1 Å². The molecule has 18 heavy (non-hydrogen) atoms. The van der Waals surface area contributed by atoms with Gasteiger partial charge in [0.1, 0.15) is 0 Å². The molecule has 0 aliphatic rings. The number of methoxy groups -OCH3 is 2. The first-order valence-electron chi connectivity index (χ1n) is 5.58. The molecule has 0 aliphatic carbocycles. The summed E-state index contributed by atoms with van der Waals surface area (Å²) >= 11 is 0. The van der Waals surface area contributed by atoms with E-state index in [1.165, 1.54) is 0 Å². The molecule has 0 unspecified atom stereocenters. The van der Waals surface area contributed by atoms with E-state index in [1.54, 1.807) is 14.2 Å². The van der Waals surface area contributed by atoms with Crippen LogP contribution < -0.4 is 26.1 Å². The largest absolute Gasteiger partial charge is 0.493 e. The fourth-order valence-corrected chi connectivity index (χ4v) is 1.65. The van der Waals surface area contributed by atoms with E-state index in [4.69, 9.17) is 15.3 Å². The van der Waals surface area contributed by atoms with Gasteiger partial charge in [-0.3, -0.25) is 5.43 Å². The Balaban J connectivity index is 2.73. The predicted molar refractivity (Wildman–Crippen MR) is 68.7 cm³/mol. The number of hydrazine groups is 1. The third-order valence-corrected chi connectivity index (χ3v) is 2.65. The highest BCUT2D eigenvalue weighted by Crippen LogP contribution is 2.30. The molecule has 0 spiro atoms. The Bertz CT molecular complexity index is 421. The van der Waals surface area contributed by atoms with Gasteiger partial charge in [-0.15, -0.1) is 0 Å². The fraction of sp³-hybridized carbons (Fsp3) is 0.417. The number of hydrogen-bond donors (Lipinski definition) is 3. The average Bonchev–Trinajstić information content (AvgIpc) is 2.39. The maximum atomic E-state index is 10.9. The van der Waals surface area contributed by atoms with Crippen molar-refractivity contribution < 1.29 is 14.3 Å².